The van der Waals surface area contributed by atoms with Gasteiger partial charge in [-0.2, -0.15) is 18.3 Å². The van der Waals surface area contributed by atoms with Crippen LogP contribution in [0.25, 0.3) is 5.69 Å². The van der Waals surface area contributed by atoms with E-state index in [1.54, 1.807) is 29.1 Å². The van der Waals surface area contributed by atoms with E-state index in [9.17, 15) is 18.0 Å². The van der Waals surface area contributed by atoms with Gasteiger partial charge in [-0.05, 0) is 48.9 Å². The van der Waals surface area contributed by atoms with Crippen molar-refractivity contribution in [1.82, 2.24) is 14.8 Å². The quantitative estimate of drug-likeness (QED) is 0.621. The van der Waals surface area contributed by atoms with Crippen molar-refractivity contribution < 1.29 is 27.8 Å². The molecule has 0 saturated heterocycles. The number of methoxy groups -OCH3 is 1. The molecule has 6 nitrogen and oxygen atoms in total. The predicted octanol–water partition coefficient (Wildman–Crippen LogP) is 4.21. The Hall–Kier alpha value is -3.36. The first-order valence-corrected chi connectivity index (χ1v) is 9.13. The summed E-state index contributed by atoms with van der Waals surface area (Å²) in [5, 5.41) is 13.5. The molecular formula is C21H20F3N3O3. The number of rotatable bonds is 7. The van der Waals surface area contributed by atoms with Crippen LogP contribution < -0.4 is 4.74 Å². The minimum atomic E-state index is -4.50. The van der Waals surface area contributed by atoms with Crippen LogP contribution in [0.1, 0.15) is 34.6 Å². The van der Waals surface area contributed by atoms with E-state index >= 15 is 0 Å². The van der Waals surface area contributed by atoms with Gasteiger partial charge in [0.25, 0.3) is 0 Å². The Bertz CT molecular complexity index is 1060. The van der Waals surface area contributed by atoms with Gasteiger partial charge in [-0.1, -0.05) is 0 Å². The van der Waals surface area contributed by atoms with Crippen LogP contribution in [0.4, 0.5) is 13.2 Å². The lowest BCUT2D eigenvalue weighted by molar-refractivity contribution is -0.138. The molecule has 0 fully saturated rings. The highest BCUT2D eigenvalue weighted by Crippen LogP contribution is 2.33. The van der Waals surface area contributed by atoms with Gasteiger partial charge in [0.15, 0.2) is 0 Å². The Kier molecular flexibility index (Phi) is 6.09. The van der Waals surface area contributed by atoms with Gasteiger partial charge in [-0.25, -0.2) is 4.68 Å². The molecule has 2 heterocycles. The maximum atomic E-state index is 13.2. The number of pyridine rings is 1. The molecule has 3 rings (SSSR count). The zero-order valence-electron chi connectivity index (χ0n) is 16.4. The summed E-state index contributed by atoms with van der Waals surface area (Å²) in [6.45, 7) is 1.82. The van der Waals surface area contributed by atoms with Gasteiger partial charge in [-0.3, -0.25) is 9.78 Å². The monoisotopic (exact) mass is 419 g/mol. The van der Waals surface area contributed by atoms with Crippen LogP contribution in [-0.2, 0) is 23.8 Å². The number of alkyl halides is 3. The van der Waals surface area contributed by atoms with Crippen LogP contribution in [0.5, 0.6) is 5.75 Å². The van der Waals surface area contributed by atoms with Gasteiger partial charge in [0.2, 0.25) is 0 Å². The summed E-state index contributed by atoms with van der Waals surface area (Å²) in [7, 11) is 1.31. The van der Waals surface area contributed by atoms with E-state index in [0.29, 0.717) is 22.6 Å². The molecule has 0 unspecified atom stereocenters. The van der Waals surface area contributed by atoms with Gasteiger partial charge in [-0.15, -0.1) is 0 Å². The standard InChI is InChI=1S/C21H20F3N3O3/c1-13-7-18(5-6-25-13)27-17(3-4-20(28)29)12-16(26-27)9-14-8-15(21(22,23)24)11-19(10-14)30-2/h5-8,10-12H,3-4,9H2,1-2H3,(H,28,29). The van der Waals surface area contributed by atoms with Crippen LogP contribution in [-0.4, -0.2) is 33.0 Å². The second kappa shape index (κ2) is 8.56. The first kappa shape index (κ1) is 21.4. The van der Waals surface area contributed by atoms with E-state index in [1.807, 2.05) is 6.92 Å². The summed E-state index contributed by atoms with van der Waals surface area (Å²) in [5.74, 6) is -0.840. The molecule has 0 atom stereocenters. The number of aryl methyl sites for hydroxylation is 2. The Morgan fingerprint density at radius 2 is 1.97 bits per heavy atom. The van der Waals surface area contributed by atoms with Crippen molar-refractivity contribution >= 4 is 5.97 Å². The number of nitrogens with zero attached hydrogens (tertiary/aromatic N) is 3. The highest BCUT2D eigenvalue weighted by Gasteiger charge is 2.31. The minimum absolute atomic E-state index is 0.0907. The highest BCUT2D eigenvalue weighted by atomic mass is 19.4. The van der Waals surface area contributed by atoms with Crippen molar-refractivity contribution in [3.63, 3.8) is 0 Å². The minimum Gasteiger partial charge on any atom is -0.497 e. The van der Waals surface area contributed by atoms with E-state index in [4.69, 9.17) is 9.84 Å². The number of ether oxygens (including phenoxy) is 1. The molecule has 1 N–H and O–H groups in total. The maximum Gasteiger partial charge on any atom is 0.416 e. The van der Waals surface area contributed by atoms with Crippen LogP contribution in [0.15, 0.2) is 42.6 Å². The number of carboxylic acids is 1. The predicted molar refractivity (Wildman–Crippen MR) is 103 cm³/mol. The summed E-state index contributed by atoms with van der Waals surface area (Å²) in [6.07, 6.45) is -2.60. The Morgan fingerprint density at radius 3 is 2.60 bits per heavy atom. The summed E-state index contributed by atoms with van der Waals surface area (Å²) in [4.78, 5) is 15.2. The molecule has 0 aliphatic heterocycles. The van der Waals surface area contributed by atoms with Gasteiger partial charge >= 0.3 is 12.1 Å². The van der Waals surface area contributed by atoms with Crippen LogP contribution in [0, 0.1) is 6.92 Å². The zero-order valence-corrected chi connectivity index (χ0v) is 16.4. The van der Waals surface area contributed by atoms with Gasteiger partial charge < -0.3 is 9.84 Å². The molecule has 0 spiro atoms. The lowest BCUT2D eigenvalue weighted by Crippen LogP contribution is -2.07. The number of benzene rings is 1. The Balaban J connectivity index is 1.98. The fourth-order valence-corrected chi connectivity index (χ4v) is 3.11. The second-order valence-electron chi connectivity index (χ2n) is 6.83. The summed E-state index contributed by atoms with van der Waals surface area (Å²) < 4.78 is 46.2. The smallest absolute Gasteiger partial charge is 0.416 e. The Labute approximate surface area is 170 Å². The van der Waals surface area contributed by atoms with Crippen molar-refractivity contribution in [3.05, 3.63) is 70.8 Å². The number of carbonyl (C=O) groups is 1. The van der Waals surface area contributed by atoms with Crippen molar-refractivity contribution in [2.75, 3.05) is 7.11 Å². The lowest BCUT2D eigenvalue weighted by atomic mass is 10.0. The third-order valence-corrected chi connectivity index (χ3v) is 4.47. The maximum absolute atomic E-state index is 13.2. The number of halogens is 3. The molecule has 30 heavy (non-hydrogen) atoms. The topological polar surface area (TPSA) is 77.2 Å². The number of hydrogen-bond acceptors (Lipinski definition) is 4. The molecule has 0 aliphatic rings. The van der Waals surface area contributed by atoms with Crippen molar-refractivity contribution in [3.8, 4) is 11.4 Å². The van der Waals surface area contributed by atoms with Gasteiger partial charge in [0.1, 0.15) is 5.75 Å². The van der Waals surface area contributed by atoms with Crippen LogP contribution in [0.2, 0.25) is 0 Å². The fraction of sp³-hybridized carbons (Fsp3) is 0.286. The molecule has 0 aliphatic carbocycles. The number of aliphatic carboxylic acids is 1. The van der Waals surface area contributed by atoms with Crippen LogP contribution >= 0.6 is 0 Å². The Morgan fingerprint density at radius 1 is 1.20 bits per heavy atom. The number of carboxylic acid groups (broad SMARTS) is 1. The average Bonchev–Trinajstić information content (AvgIpc) is 3.08. The highest BCUT2D eigenvalue weighted by molar-refractivity contribution is 5.67. The van der Waals surface area contributed by atoms with Gasteiger partial charge in [0.05, 0.1) is 30.5 Å². The van der Waals surface area contributed by atoms with E-state index in [2.05, 4.69) is 10.1 Å². The van der Waals surface area contributed by atoms with Crippen molar-refractivity contribution in [2.24, 2.45) is 0 Å². The molecule has 2 aromatic heterocycles. The summed E-state index contributed by atoms with van der Waals surface area (Å²) >= 11 is 0. The summed E-state index contributed by atoms with van der Waals surface area (Å²) in [6, 6.07) is 8.79. The SMILES string of the molecule is COc1cc(Cc2cc(CCC(=O)O)n(-c3ccnc(C)c3)n2)cc(C(F)(F)F)c1. The third kappa shape index (κ3) is 5.16. The lowest BCUT2D eigenvalue weighted by Gasteiger charge is -2.11. The van der Waals surface area contributed by atoms with E-state index in [-0.39, 0.29) is 25.0 Å². The molecule has 0 saturated carbocycles. The average molecular weight is 419 g/mol. The number of aromatic nitrogens is 3. The van der Waals surface area contributed by atoms with E-state index < -0.39 is 17.7 Å². The first-order valence-electron chi connectivity index (χ1n) is 9.13. The fourth-order valence-electron chi connectivity index (χ4n) is 3.11. The molecule has 3 aromatic rings. The molecule has 0 amide bonds. The first-order chi connectivity index (χ1) is 14.2. The van der Waals surface area contributed by atoms with Crippen molar-refractivity contribution in [1.29, 1.82) is 0 Å². The molecule has 158 valence electrons. The third-order valence-electron chi connectivity index (χ3n) is 4.47. The molecule has 9 heteroatoms. The normalized spacial score (nSPS) is 11.5. The molecule has 1 aromatic carbocycles. The van der Waals surface area contributed by atoms with Crippen LogP contribution in [0.3, 0.4) is 0 Å². The molecule has 0 bridgehead atoms. The molecular weight excluding hydrogens is 399 g/mol. The van der Waals surface area contributed by atoms with E-state index in [0.717, 1.165) is 17.8 Å². The molecule has 0 radical (unpaired) electrons. The summed E-state index contributed by atoms with van der Waals surface area (Å²) in [5.41, 5.74) is 2.23. The second-order valence-corrected chi connectivity index (χ2v) is 6.83. The zero-order chi connectivity index (χ0) is 21.9. The van der Waals surface area contributed by atoms with Gasteiger partial charge in [0, 0.05) is 30.4 Å². The van der Waals surface area contributed by atoms with E-state index in [1.165, 1.54) is 13.2 Å². The largest absolute Gasteiger partial charge is 0.497 e. The number of hydrogen-bond donors (Lipinski definition) is 1. The van der Waals surface area contributed by atoms with Crippen molar-refractivity contribution in [2.45, 2.75) is 32.4 Å².